The van der Waals surface area contributed by atoms with E-state index in [-0.39, 0.29) is 12.6 Å². The van der Waals surface area contributed by atoms with Gasteiger partial charge in [-0.2, -0.15) is 0 Å². The molecule has 0 spiro atoms. The van der Waals surface area contributed by atoms with Crippen LogP contribution in [0.1, 0.15) is 44.6 Å². The second kappa shape index (κ2) is 10.7. The summed E-state index contributed by atoms with van der Waals surface area (Å²) in [7, 11) is 0. The van der Waals surface area contributed by atoms with Gasteiger partial charge in [0, 0.05) is 19.7 Å². The number of aliphatic imine (C=N–C) groups is 1. The van der Waals surface area contributed by atoms with Crippen molar-refractivity contribution >= 4 is 5.96 Å². The molecule has 3 N–H and O–H groups in total. The summed E-state index contributed by atoms with van der Waals surface area (Å²) in [6, 6.07) is 13.7. The predicted octanol–water partition coefficient (Wildman–Crippen LogP) is 3.21. The molecule has 1 aromatic heterocycles. The molecule has 6 nitrogen and oxygen atoms in total. The molecule has 0 radical (unpaired) electrons. The molecule has 1 heterocycles. The van der Waals surface area contributed by atoms with Crippen LogP contribution < -0.4 is 10.6 Å². The number of ether oxygens (including phenoxy) is 1. The van der Waals surface area contributed by atoms with Gasteiger partial charge in [0.2, 0.25) is 0 Å². The summed E-state index contributed by atoms with van der Waals surface area (Å²) < 4.78 is 11.2. The zero-order valence-corrected chi connectivity index (χ0v) is 16.4. The maximum Gasteiger partial charge on any atom is 0.191 e. The number of aliphatic hydroxyl groups is 1. The third-order valence-electron chi connectivity index (χ3n) is 4.19. The number of nitrogens with one attached hydrogen (secondary N) is 2. The van der Waals surface area contributed by atoms with Gasteiger partial charge in [-0.3, -0.25) is 0 Å². The first-order chi connectivity index (χ1) is 13.0. The maximum atomic E-state index is 10.5. The third-order valence-corrected chi connectivity index (χ3v) is 4.19. The van der Waals surface area contributed by atoms with E-state index >= 15 is 0 Å². The molecule has 0 bridgehead atoms. The first-order valence-electron chi connectivity index (χ1n) is 9.48. The van der Waals surface area contributed by atoms with Crippen LogP contribution >= 0.6 is 0 Å². The fraction of sp³-hybridized carbons (Fsp3) is 0.476. The third kappa shape index (κ3) is 7.07. The van der Waals surface area contributed by atoms with E-state index in [1.807, 2.05) is 25.1 Å². The summed E-state index contributed by atoms with van der Waals surface area (Å²) in [5.74, 6) is 1.17. The highest BCUT2D eigenvalue weighted by molar-refractivity contribution is 5.79. The summed E-state index contributed by atoms with van der Waals surface area (Å²) in [6.45, 7) is 8.10. The topological polar surface area (TPSA) is 79.0 Å². The Morgan fingerprint density at radius 1 is 1.22 bits per heavy atom. The summed E-state index contributed by atoms with van der Waals surface area (Å²) in [5, 5.41) is 16.9. The molecular weight excluding hydrogens is 342 g/mol. The summed E-state index contributed by atoms with van der Waals surface area (Å²) in [5.41, 5.74) is 0.0422. The minimum Gasteiger partial charge on any atom is -0.466 e. The maximum absolute atomic E-state index is 10.5. The predicted molar refractivity (Wildman–Crippen MR) is 108 cm³/mol. The molecule has 27 heavy (non-hydrogen) atoms. The van der Waals surface area contributed by atoms with Gasteiger partial charge in [0.05, 0.1) is 18.9 Å². The summed E-state index contributed by atoms with van der Waals surface area (Å²) in [6.07, 6.45) is 2.49. The first kappa shape index (κ1) is 21.0. The number of rotatable bonds is 10. The molecular formula is C21H31N3O3. The normalized spacial score (nSPS) is 15.2. The standard InChI is InChI=1S/C21H31N3O3/c1-4-22-20(24-16-21(3,25)19-12-8-14-27-19)23-13-9-15-26-17(2)18-10-6-5-7-11-18/h5-8,10-12,14,17,25H,4,9,13,15-16H2,1-3H3,(H2,22,23,24). The summed E-state index contributed by atoms with van der Waals surface area (Å²) in [4.78, 5) is 4.47. The van der Waals surface area contributed by atoms with Crippen molar-refractivity contribution in [2.75, 3.05) is 26.2 Å². The Morgan fingerprint density at radius 2 is 2.00 bits per heavy atom. The number of benzene rings is 1. The van der Waals surface area contributed by atoms with E-state index in [1.165, 1.54) is 5.56 Å². The smallest absolute Gasteiger partial charge is 0.191 e. The van der Waals surface area contributed by atoms with Crippen molar-refractivity contribution in [1.82, 2.24) is 10.6 Å². The average molecular weight is 373 g/mol. The number of nitrogens with zero attached hydrogens (tertiary/aromatic N) is 1. The molecule has 0 aliphatic rings. The van der Waals surface area contributed by atoms with E-state index in [9.17, 15) is 5.11 Å². The highest BCUT2D eigenvalue weighted by Crippen LogP contribution is 2.21. The molecule has 6 heteroatoms. The van der Waals surface area contributed by atoms with Crippen molar-refractivity contribution in [3.05, 3.63) is 60.1 Å². The van der Waals surface area contributed by atoms with E-state index in [2.05, 4.69) is 34.7 Å². The Balaban J connectivity index is 1.74. The quantitative estimate of drug-likeness (QED) is 0.339. The van der Waals surface area contributed by atoms with E-state index in [1.54, 1.807) is 25.3 Å². The number of hydrogen-bond donors (Lipinski definition) is 3. The van der Waals surface area contributed by atoms with Crippen LogP contribution in [0.2, 0.25) is 0 Å². The zero-order valence-electron chi connectivity index (χ0n) is 16.4. The van der Waals surface area contributed by atoms with E-state index < -0.39 is 5.60 Å². The van der Waals surface area contributed by atoms with Crippen LogP contribution in [0.5, 0.6) is 0 Å². The van der Waals surface area contributed by atoms with Crippen LogP contribution in [-0.4, -0.2) is 37.3 Å². The van der Waals surface area contributed by atoms with E-state index in [0.717, 1.165) is 19.5 Å². The lowest BCUT2D eigenvalue weighted by Crippen LogP contribution is -2.39. The van der Waals surface area contributed by atoms with Gasteiger partial charge >= 0.3 is 0 Å². The van der Waals surface area contributed by atoms with Crippen molar-refractivity contribution in [2.45, 2.75) is 38.9 Å². The van der Waals surface area contributed by atoms with Gasteiger partial charge in [-0.05, 0) is 44.9 Å². The van der Waals surface area contributed by atoms with Gasteiger partial charge in [-0.1, -0.05) is 30.3 Å². The van der Waals surface area contributed by atoms with Gasteiger partial charge in [0.1, 0.15) is 11.4 Å². The SMILES string of the molecule is CCNC(=NCC(C)(O)c1ccco1)NCCCOC(C)c1ccccc1. The minimum absolute atomic E-state index is 0.0801. The van der Waals surface area contributed by atoms with Crippen LogP contribution in [0.4, 0.5) is 0 Å². The number of guanidine groups is 1. The molecule has 2 rings (SSSR count). The molecule has 0 saturated heterocycles. The lowest BCUT2D eigenvalue weighted by atomic mass is 10.0. The number of furan rings is 1. The monoisotopic (exact) mass is 373 g/mol. The van der Waals surface area contributed by atoms with Crippen molar-refractivity contribution in [1.29, 1.82) is 0 Å². The number of hydrogen-bond acceptors (Lipinski definition) is 4. The Hall–Kier alpha value is -2.31. The second-order valence-electron chi connectivity index (χ2n) is 6.65. The lowest BCUT2D eigenvalue weighted by molar-refractivity contribution is 0.0436. The van der Waals surface area contributed by atoms with Crippen molar-refractivity contribution < 1.29 is 14.3 Å². The van der Waals surface area contributed by atoms with Crippen LogP contribution in [0.3, 0.4) is 0 Å². The fourth-order valence-electron chi connectivity index (χ4n) is 2.60. The van der Waals surface area contributed by atoms with Crippen LogP contribution in [0.25, 0.3) is 0 Å². The van der Waals surface area contributed by atoms with Crippen LogP contribution in [-0.2, 0) is 10.3 Å². The molecule has 0 fully saturated rings. The molecule has 1 aromatic carbocycles. The fourth-order valence-corrected chi connectivity index (χ4v) is 2.60. The molecule has 2 aromatic rings. The Morgan fingerprint density at radius 3 is 2.67 bits per heavy atom. The van der Waals surface area contributed by atoms with Crippen LogP contribution in [0.15, 0.2) is 58.1 Å². The lowest BCUT2D eigenvalue weighted by Gasteiger charge is -2.19. The van der Waals surface area contributed by atoms with Crippen LogP contribution in [0, 0.1) is 0 Å². The molecule has 0 aliphatic heterocycles. The zero-order chi connectivity index (χ0) is 19.5. The highest BCUT2D eigenvalue weighted by Gasteiger charge is 2.26. The Labute approximate surface area is 161 Å². The van der Waals surface area contributed by atoms with E-state index in [4.69, 9.17) is 9.15 Å². The summed E-state index contributed by atoms with van der Waals surface area (Å²) >= 11 is 0. The van der Waals surface area contributed by atoms with Crippen molar-refractivity contribution in [3.8, 4) is 0 Å². The Bertz CT molecular complexity index is 669. The van der Waals surface area contributed by atoms with Gasteiger partial charge < -0.3 is 24.9 Å². The molecule has 2 unspecified atom stereocenters. The largest absolute Gasteiger partial charge is 0.466 e. The van der Waals surface area contributed by atoms with Gasteiger partial charge in [0.15, 0.2) is 5.96 Å². The molecule has 2 atom stereocenters. The molecule has 0 amide bonds. The van der Waals surface area contributed by atoms with Crippen molar-refractivity contribution in [3.63, 3.8) is 0 Å². The molecule has 0 aliphatic carbocycles. The van der Waals surface area contributed by atoms with Gasteiger partial charge in [-0.15, -0.1) is 0 Å². The second-order valence-corrected chi connectivity index (χ2v) is 6.65. The van der Waals surface area contributed by atoms with Crippen molar-refractivity contribution in [2.24, 2.45) is 4.99 Å². The minimum atomic E-state index is -1.14. The van der Waals surface area contributed by atoms with Gasteiger partial charge in [0.25, 0.3) is 0 Å². The molecule has 0 saturated carbocycles. The first-order valence-corrected chi connectivity index (χ1v) is 9.48. The highest BCUT2D eigenvalue weighted by atomic mass is 16.5. The average Bonchev–Trinajstić information content (AvgIpc) is 3.22. The van der Waals surface area contributed by atoms with E-state index in [0.29, 0.717) is 18.3 Å². The molecule has 148 valence electrons. The Kier molecular flexibility index (Phi) is 8.36. The van der Waals surface area contributed by atoms with Gasteiger partial charge in [-0.25, -0.2) is 4.99 Å².